The molecule has 17 heavy (non-hydrogen) atoms. The van der Waals surface area contributed by atoms with E-state index in [-0.39, 0.29) is 5.82 Å². The highest BCUT2D eigenvalue weighted by atomic mass is 19.1. The minimum absolute atomic E-state index is 0.172. The van der Waals surface area contributed by atoms with Crippen molar-refractivity contribution in [2.24, 2.45) is 7.05 Å². The number of rotatable bonds is 4. The van der Waals surface area contributed by atoms with Crippen molar-refractivity contribution in [3.05, 3.63) is 30.0 Å². The van der Waals surface area contributed by atoms with Crippen LogP contribution in [0.25, 0.3) is 0 Å². The Morgan fingerprint density at radius 3 is 2.94 bits per heavy atom. The molecule has 0 fully saturated rings. The summed E-state index contributed by atoms with van der Waals surface area (Å²) >= 11 is 0. The maximum atomic E-state index is 13.4. The van der Waals surface area contributed by atoms with Crippen molar-refractivity contribution in [3.63, 3.8) is 0 Å². The Bertz CT molecular complexity index is 509. The van der Waals surface area contributed by atoms with E-state index in [9.17, 15) is 4.39 Å². The van der Waals surface area contributed by atoms with E-state index < -0.39 is 5.82 Å². The standard InChI is InChI=1S/C10H13FN6/c1-12-10-14-6-8(11)9(16-10)13-5-7-3-4-15-17(7)2/h3-4,6H,5H2,1-2H3,(H2,12,13,14,16). The zero-order chi connectivity index (χ0) is 12.3. The summed E-state index contributed by atoms with van der Waals surface area (Å²) in [5.41, 5.74) is 0.939. The highest BCUT2D eigenvalue weighted by molar-refractivity contribution is 5.40. The highest BCUT2D eigenvalue weighted by Gasteiger charge is 2.06. The molecule has 0 aromatic carbocycles. The number of aryl methyl sites for hydroxylation is 1. The fourth-order valence-electron chi connectivity index (χ4n) is 1.36. The van der Waals surface area contributed by atoms with Crippen LogP contribution < -0.4 is 10.6 Å². The van der Waals surface area contributed by atoms with Crippen LogP contribution in [0.4, 0.5) is 16.2 Å². The van der Waals surface area contributed by atoms with Gasteiger partial charge in [0.05, 0.1) is 18.4 Å². The first kappa shape index (κ1) is 11.3. The van der Waals surface area contributed by atoms with E-state index in [0.717, 1.165) is 11.9 Å². The smallest absolute Gasteiger partial charge is 0.224 e. The van der Waals surface area contributed by atoms with Crippen molar-refractivity contribution < 1.29 is 4.39 Å². The second-order valence-electron chi connectivity index (χ2n) is 3.44. The van der Waals surface area contributed by atoms with Crippen molar-refractivity contribution in [1.82, 2.24) is 19.7 Å². The monoisotopic (exact) mass is 236 g/mol. The van der Waals surface area contributed by atoms with E-state index in [0.29, 0.717) is 12.5 Å². The van der Waals surface area contributed by atoms with Crippen LogP contribution in [0.1, 0.15) is 5.69 Å². The van der Waals surface area contributed by atoms with Gasteiger partial charge < -0.3 is 10.6 Å². The first-order valence-corrected chi connectivity index (χ1v) is 5.11. The van der Waals surface area contributed by atoms with Crippen LogP contribution in [0.5, 0.6) is 0 Å². The van der Waals surface area contributed by atoms with Crippen molar-refractivity contribution in [3.8, 4) is 0 Å². The molecule has 0 aliphatic rings. The van der Waals surface area contributed by atoms with Crippen molar-refractivity contribution in [2.45, 2.75) is 6.54 Å². The van der Waals surface area contributed by atoms with E-state index in [2.05, 4.69) is 25.7 Å². The van der Waals surface area contributed by atoms with E-state index in [1.807, 2.05) is 13.1 Å². The number of hydrogen-bond acceptors (Lipinski definition) is 5. The number of halogens is 1. The predicted octanol–water partition coefficient (Wildman–Crippen LogP) is 1.00. The second-order valence-corrected chi connectivity index (χ2v) is 3.44. The topological polar surface area (TPSA) is 67.7 Å². The zero-order valence-corrected chi connectivity index (χ0v) is 9.61. The van der Waals surface area contributed by atoms with Gasteiger partial charge in [-0.3, -0.25) is 4.68 Å². The molecule has 0 aliphatic heterocycles. The zero-order valence-electron chi connectivity index (χ0n) is 9.61. The van der Waals surface area contributed by atoms with Crippen molar-refractivity contribution >= 4 is 11.8 Å². The molecule has 0 amide bonds. The maximum Gasteiger partial charge on any atom is 0.224 e. The highest BCUT2D eigenvalue weighted by Crippen LogP contribution is 2.12. The number of anilines is 2. The van der Waals surface area contributed by atoms with E-state index in [4.69, 9.17) is 0 Å². The Morgan fingerprint density at radius 1 is 1.47 bits per heavy atom. The number of nitrogens with one attached hydrogen (secondary N) is 2. The van der Waals surface area contributed by atoms with E-state index >= 15 is 0 Å². The SMILES string of the molecule is CNc1ncc(F)c(NCc2ccnn2C)n1. The van der Waals surface area contributed by atoms with Crippen molar-refractivity contribution in [1.29, 1.82) is 0 Å². The first-order chi connectivity index (χ1) is 8.20. The normalized spacial score (nSPS) is 10.3. The molecule has 6 nitrogen and oxygen atoms in total. The Morgan fingerprint density at radius 2 is 2.29 bits per heavy atom. The van der Waals surface area contributed by atoms with Crippen molar-refractivity contribution in [2.75, 3.05) is 17.7 Å². The van der Waals surface area contributed by atoms with Gasteiger partial charge in [-0.25, -0.2) is 9.37 Å². The fourth-order valence-corrected chi connectivity index (χ4v) is 1.36. The van der Waals surface area contributed by atoms with Gasteiger partial charge in [0, 0.05) is 20.3 Å². The lowest BCUT2D eigenvalue weighted by Gasteiger charge is -2.07. The molecular weight excluding hydrogens is 223 g/mol. The molecule has 90 valence electrons. The minimum atomic E-state index is -0.480. The molecule has 0 bridgehead atoms. The quantitative estimate of drug-likeness (QED) is 0.829. The minimum Gasteiger partial charge on any atom is -0.362 e. The van der Waals surface area contributed by atoms with Gasteiger partial charge in [-0.05, 0) is 6.07 Å². The first-order valence-electron chi connectivity index (χ1n) is 5.11. The molecular formula is C10H13FN6. The lowest BCUT2D eigenvalue weighted by Crippen LogP contribution is -2.09. The Labute approximate surface area is 97.9 Å². The van der Waals surface area contributed by atoms with E-state index in [1.54, 1.807) is 17.9 Å². The molecule has 2 aromatic heterocycles. The van der Waals surface area contributed by atoms with Crippen LogP contribution in [0.2, 0.25) is 0 Å². The summed E-state index contributed by atoms with van der Waals surface area (Å²) < 4.78 is 15.1. The molecule has 0 radical (unpaired) electrons. The summed E-state index contributed by atoms with van der Waals surface area (Å²) in [6, 6.07) is 1.85. The van der Waals surface area contributed by atoms with Crippen LogP contribution in [0.15, 0.2) is 18.5 Å². The summed E-state index contributed by atoms with van der Waals surface area (Å²) in [6.07, 6.45) is 2.82. The predicted molar refractivity (Wildman–Crippen MR) is 62.1 cm³/mol. The Balaban J connectivity index is 2.11. The molecule has 0 spiro atoms. The molecule has 2 aromatic rings. The largest absolute Gasteiger partial charge is 0.362 e. The van der Waals surface area contributed by atoms with Gasteiger partial charge in [0.25, 0.3) is 0 Å². The third kappa shape index (κ3) is 2.49. The van der Waals surface area contributed by atoms with Crippen LogP contribution in [-0.2, 0) is 13.6 Å². The third-order valence-electron chi connectivity index (χ3n) is 2.33. The molecule has 2 N–H and O–H groups in total. The summed E-state index contributed by atoms with van der Waals surface area (Å²) in [7, 11) is 3.50. The maximum absolute atomic E-state index is 13.4. The molecule has 0 saturated heterocycles. The Kier molecular flexibility index (Phi) is 3.17. The molecule has 2 rings (SSSR count). The average molecular weight is 236 g/mol. The Hall–Kier alpha value is -2.18. The lowest BCUT2D eigenvalue weighted by molar-refractivity contribution is 0.616. The fraction of sp³-hybridized carbons (Fsp3) is 0.300. The number of hydrogen-bond donors (Lipinski definition) is 2. The summed E-state index contributed by atoms with van der Waals surface area (Å²) in [5, 5.41) is 9.68. The van der Waals surface area contributed by atoms with Gasteiger partial charge >= 0.3 is 0 Å². The molecule has 0 saturated carbocycles. The van der Waals surface area contributed by atoms with Crippen LogP contribution in [0, 0.1) is 5.82 Å². The van der Waals surface area contributed by atoms with E-state index in [1.165, 1.54) is 0 Å². The van der Waals surface area contributed by atoms with Crippen LogP contribution >= 0.6 is 0 Å². The number of aromatic nitrogens is 4. The second kappa shape index (κ2) is 4.77. The average Bonchev–Trinajstić information content (AvgIpc) is 2.74. The molecule has 0 atom stereocenters. The number of nitrogens with zero attached hydrogens (tertiary/aromatic N) is 4. The molecule has 2 heterocycles. The molecule has 0 aliphatic carbocycles. The van der Waals surface area contributed by atoms with Gasteiger partial charge in [-0.15, -0.1) is 0 Å². The summed E-state index contributed by atoms with van der Waals surface area (Å²) in [5.74, 6) is 0.0654. The van der Waals surface area contributed by atoms with Gasteiger partial charge in [0.1, 0.15) is 0 Å². The van der Waals surface area contributed by atoms with Gasteiger partial charge in [0.15, 0.2) is 11.6 Å². The van der Waals surface area contributed by atoms with Gasteiger partial charge in [0.2, 0.25) is 5.95 Å². The lowest BCUT2D eigenvalue weighted by atomic mass is 10.4. The molecule has 7 heteroatoms. The summed E-state index contributed by atoms with van der Waals surface area (Å²) in [6.45, 7) is 0.452. The van der Waals surface area contributed by atoms with Gasteiger partial charge in [-0.2, -0.15) is 10.1 Å². The summed E-state index contributed by atoms with van der Waals surface area (Å²) in [4.78, 5) is 7.75. The molecule has 0 unspecified atom stereocenters. The van der Waals surface area contributed by atoms with Crippen LogP contribution in [-0.4, -0.2) is 26.8 Å². The third-order valence-corrected chi connectivity index (χ3v) is 2.33. The van der Waals surface area contributed by atoms with Crippen LogP contribution in [0.3, 0.4) is 0 Å². The van der Waals surface area contributed by atoms with Gasteiger partial charge in [-0.1, -0.05) is 0 Å².